The lowest BCUT2D eigenvalue weighted by Gasteiger charge is -2.06. The second kappa shape index (κ2) is 5.25. The Hall–Kier alpha value is -2.78. The molecule has 0 fully saturated rings. The molecule has 0 aliphatic rings. The van der Waals surface area contributed by atoms with Crippen molar-refractivity contribution >= 4 is 17.5 Å². The average molecular weight is 264 g/mol. The summed E-state index contributed by atoms with van der Waals surface area (Å²) in [4.78, 5) is 18.2. The molecule has 0 radical (unpaired) electrons. The quantitative estimate of drug-likeness (QED) is 0.578. The number of nitrogens with zero attached hydrogens (tertiary/aromatic N) is 6. The molecule has 100 valence electrons. The first-order chi connectivity index (χ1) is 9.11. The summed E-state index contributed by atoms with van der Waals surface area (Å²) in [7, 11) is 3.41. The second-order valence-electron chi connectivity index (χ2n) is 3.65. The first-order valence-electron chi connectivity index (χ1n) is 5.37. The topological polar surface area (TPSA) is 124 Å². The third-order valence-corrected chi connectivity index (χ3v) is 2.41. The largest absolute Gasteiger partial charge is 0.357 e. The number of hydrogen-bond donors (Lipinski definition) is 2. The molecule has 2 rings (SSSR count). The van der Waals surface area contributed by atoms with Crippen LogP contribution in [0, 0.1) is 10.1 Å². The Labute approximate surface area is 108 Å². The molecule has 10 heteroatoms. The molecular weight excluding hydrogens is 252 g/mol. The van der Waals surface area contributed by atoms with E-state index in [2.05, 4.69) is 30.8 Å². The summed E-state index contributed by atoms with van der Waals surface area (Å²) in [5, 5.41) is 24.0. The molecule has 2 aromatic rings. The van der Waals surface area contributed by atoms with Crippen molar-refractivity contribution in [1.82, 2.24) is 24.7 Å². The van der Waals surface area contributed by atoms with Gasteiger partial charge in [0, 0.05) is 14.1 Å². The molecule has 0 saturated heterocycles. The van der Waals surface area contributed by atoms with Crippen LogP contribution >= 0.6 is 0 Å². The number of rotatable bonds is 5. The Balaban J connectivity index is 2.22. The minimum atomic E-state index is -0.543. The molecule has 0 saturated carbocycles. The van der Waals surface area contributed by atoms with Gasteiger partial charge in [0.2, 0.25) is 11.8 Å². The van der Waals surface area contributed by atoms with Crippen LogP contribution in [0.15, 0.2) is 12.5 Å². The van der Waals surface area contributed by atoms with Gasteiger partial charge in [-0.15, -0.1) is 10.2 Å². The van der Waals surface area contributed by atoms with Gasteiger partial charge >= 0.3 is 5.69 Å². The monoisotopic (exact) mass is 264 g/mol. The van der Waals surface area contributed by atoms with Gasteiger partial charge in [-0.05, 0) is 0 Å². The third kappa shape index (κ3) is 2.73. The van der Waals surface area contributed by atoms with E-state index in [1.54, 1.807) is 25.0 Å². The van der Waals surface area contributed by atoms with Gasteiger partial charge in [-0.3, -0.25) is 10.1 Å². The fourth-order valence-corrected chi connectivity index (χ4v) is 1.39. The van der Waals surface area contributed by atoms with Crippen LogP contribution in [0.4, 0.5) is 17.5 Å². The lowest BCUT2D eigenvalue weighted by atomic mass is 10.4. The van der Waals surface area contributed by atoms with E-state index in [-0.39, 0.29) is 18.1 Å². The summed E-state index contributed by atoms with van der Waals surface area (Å²) in [6.07, 6.45) is 2.70. The van der Waals surface area contributed by atoms with Crippen molar-refractivity contribution in [3.8, 4) is 0 Å². The van der Waals surface area contributed by atoms with E-state index in [1.807, 2.05) is 0 Å². The number of hydrogen-bond acceptors (Lipinski definition) is 8. The van der Waals surface area contributed by atoms with Gasteiger partial charge in [0.15, 0.2) is 5.82 Å². The highest BCUT2D eigenvalue weighted by Gasteiger charge is 2.17. The average Bonchev–Trinajstić information content (AvgIpc) is 2.81. The summed E-state index contributed by atoms with van der Waals surface area (Å²) in [6, 6.07) is 0. The molecule has 2 aromatic heterocycles. The van der Waals surface area contributed by atoms with Crippen LogP contribution < -0.4 is 10.6 Å². The summed E-state index contributed by atoms with van der Waals surface area (Å²) < 4.78 is 1.71. The van der Waals surface area contributed by atoms with Gasteiger partial charge in [0.1, 0.15) is 12.5 Å². The number of aryl methyl sites for hydroxylation is 1. The van der Waals surface area contributed by atoms with Crippen molar-refractivity contribution < 1.29 is 4.92 Å². The Morgan fingerprint density at radius 1 is 1.53 bits per heavy atom. The number of anilines is 2. The fraction of sp³-hybridized carbons (Fsp3) is 0.333. The molecule has 0 amide bonds. The minimum Gasteiger partial charge on any atom is -0.357 e. The molecule has 2 N–H and O–H groups in total. The lowest BCUT2D eigenvalue weighted by Crippen LogP contribution is -2.10. The predicted octanol–water partition coefficient (Wildman–Crippen LogP) is 0.167. The van der Waals surface area contributed by atoms with Gasteiger partial charge in [-0.2, -0.15) is 4.98 Å². The van der Waals surface area contributed by atoms with Gasteiger partial charge in [-0.25, -0.2) is 4.98 Å². The molecule has 0 aliphatic carbocycles. The molecule has 0 bridgehead atoms. The summed E-state index contributed by atoms with van der Waals surface area (Å²) in [6.45, 7) is 0.275. The SMILES string of the molecule is CNc1ncc([N+](=O)[O-])c(NCc2nncn2C)n1. The van der Waals surface area contributed by atoms with Crippen LogP contribution in [0.5, 0.6) is 0 Å². The summed E-state index contributed by atoms with van der Waals surface area (Å²) in [5.74, 6) is 1.07. The van der Waals surface area contributed by atoms with Crippen molar-refractivity contribution in [2.75, 3.05) is 17.7 Å². The van der Waals surface area contributed by atoms with E-state index >= 15 is 0 Å². The maximum Gasteiger partial charge on any atom is 0.329 e. The molecule has 19 heavy (non-hydrogen) atoms. The first-order valence-corrected chi connectivity index (χ1v) is 5.37. The van der Waals surface area contributed by atoms with E-state index in [9.17, 15) is 10.1 Å². The number of aromatic nitrogens is 5. The zero-order chi connectivity index (χ0) is 13.8. The number of nitro groups is 1. The third-order valence-electron chi connectivity index (χ3n) is 2.41. The van der Waals surface area contributed by atoms with Gasteiger partial charge in [0.25, 0.3) is 0 Å². The molecular formula is C9H12N8O2. The zero-order valence-electron chi connectivity index (χ0n) is 10.4. The molecule has 0 atom stereocenters. The van der Waals surface area contributed by atoms with Crippen molar-refractivity contribution in [2.24, 2.45) is 7.05 Å². The maximum atomic E-state index is 10.9. The fourth-order valence-electron chi connectivity index (χ4n) is 1.39. The van der Waals surface area contributed by atoms with Crippen molar-refractivity contribution in [3.63, 3.8) is 0 Å². The van der Waals surface area contributed by atoms with Crippen LogP contribution in [0.2, 0.25) is 0 Å². The Bertz CT molecular complexity index is 596. The van der Waals surface area contributed by atoms with E-state index in [4.69, 9.17) is 0 Å². The summed E-state index contributed by atoms with van der Waals surface area (Å²) in [5.41, 5.74) is -0.193. The van der Waals surface area contributed by atoms with Crippen LogP contribution in [-0.2, 0) is 13.6 Å². The molecule has 2 heterocycles. The van der Waals surface area contributed by atoms with Crippen LogP contribution in [0.25, 0.3) is 0 Å². The molecule has 10 nitrogen and oxygen atoms in total. The van der Waals surface area contributed by atoms with E-state index < -0.39 is 4.92 Å². The van der Waals surface area contributed by atoms with Crippen molar-refractivity contribution in [2.45, 2.75) is 6.54 Å². The molecule has 0 unspecified atom stereocenters. The van der Waals surface area contributed by atoms with E-state index in [0.717, 1.165) is 6.20 Å². The van der Waals surface area contributed by atoms with Gasteiger partial charge in [0.05, 0.1) is 11.5 Å². The second-order valence-corrected chi connectivity index (χ2v) is 3.65. The van der Waals surface area contributed by atoms with Crippen molar-refractivity contribution in [3.05, 3.63) is 28.5 Å². The highest BCUT2D eigenvalue weighted by molar-refractivity contribution is 5.56. The van der Waals surface area contributed by atoms with Crippen LogP contribution in [0.1, 0.15) is 5.82 Å². The molecule has 0 aliphatic heterocycles. The Morgan fingerprint density at radius 3 is 2.89 bits per heavy atom. The highest BCUT2D eigenvalue weighted by atomic mass is 16.6. The number of nitrogens with one attached hydrogen (secondary N) is 2. The smallest absolute Gasteiger partial charge is 0.329 e. The predicted molar refractivity (Wildman–Crippen MR) is 66.6 cm³/mol. The van der Waals surface area contributed by atoms with Crippen LogP contribution in [0.3, 0.4) is 0 Å². The van der Waals surface area contributed by atoms with E-state index in [0.29, 0.717) is 11.8 Å². The molecule has 0 spiro atoms. The van der Waals surface area contributed by atoms with Gasteiger partial charge in [-0.1, -0.05) is 0 Å². The standard InChI is InChI=1S/C9H12N8O2/c1-10-9-12-3-6(17(18)19)8(14-9)11-4-7-15-13-5-16(7)2/h3,5H,4H2,1-2H3,(H2,10,11,12,14). The Morgan fingerprint density at radius 2 is 2.32 bits per heavy atom. The first kappa shape index (κ1) is 12.7. The maximum absolute atomic E-state index is 10.9. The lowest BCUT2D eigenvalue weighted by molar-refractivity contribution is -0.384. The van der Waals surface area contributed by atoms with Crippen molar-refractivity contribution in [1.29, 1.82) is 0 Å². The molecule has 0 aromatic carbocycles. The minimum absolute atomic E-state index is 0.132. The summed E-state index contributed by atoms with van der Waals surface area (Å²) >= 11 is 0. The van der Waals surface area contributed by atoms with Crippen LogP contribution in [-0.4, -0.2) is 36.7 Å². The van der Waals surface area contributed by atoms with Gasteiger partial charge < -0.3 is 15.2 Å². The Kier molecular flexibility index (Phi) is 3.50. The zero-order valence-corrected chi connectivity index (χ0v) is 10.4. The normalized spacial score (nSPS) is 10.2. The highest BCUT2D eigenvalue weighted by Crippen LogP contribution is 2.22. The van der Waals surface area contributed by atoms with E-state index in [1.165, 1.54) is 0 Å².